The summed E-state index contributed by atoms with van der Waals surface area (Å²) in [5, 5.41) is 15.4. The third-order valence-corrected chi connectivity index (χ3v) is 2.10. The minimum absolute atomic E-state index is 0.0349. The lowest BCUT2D eigenvalue weighted by molar-refractivity contribution is -0.384. The maximum Gasteiger partial charge on any atom is 0.269 e. The van der Waals surface area contributed by atoms with E-state index < -0.39 is 4.92 Å². The van der Waals surface area contributed by atoms with Crippen molar-refractivity contribution >= 4 is 23.1 Å². The number of nitro groups is 1. The zero-order valence-electron chi connectivity index (χ0n) is 8.16. The van der Waals surface area contributed by atoms with Gasteiger partial charge in [-0.05, 0) is 12.1 Å². The Morgan fingerprint density at radius 3 is 2.44 bits per heavy atom. The Labute approximate surface area is 90.3 Å². The molecular weight excluding hydrogens is 212 g/mol. The molecule has 1 amide bonds. The second kappa shape index (κ2) is 3.61. The quantitative estimate of drug-likeness (QED) is 0.582. The van der Waals surface area contributed by atoms with Gasteiger partial charge < -0.3 is 5.73 Å². The van der Waals surface area contributed by atoms with Gasteiger partial charge in [0.1, 0.15) is 5.84 Å². The molecule has 0 atom stereocenters. The summed E-state index contributed by atoms with van der Waals surface area (Å²) >= 11 is 0. The van der Waals surface area contributed by atoms with E-state index in [0.29, 0.717) is 5.69 Å². The first-order valence-corrected chi connectivity index (χ1v) is 4.48. The van der Waals surface area contributed by atoms with Crippen molar-refractivity contribution < 1.29 is 9.72 Å². The number of anilines is 1. The van der Waals surface area contributed by atoms with E-state index >= 15 is 0 Å². The highest BCUT2D eigenvalue weighted by atomic mass is 16.6. The van der Waals surface area contributed by atoms with Gasteiger partial charge in [-0.25, -0.2) is 0 Å². The van der Waals surface area contributed by atoms with E-state index in [-0.39, 0.29) is 23.9 Å². The lowest BCUT2D eigenvalue weighted by Crippen LogP contribution is -2.19. The molecule has 1 aliphatic heterocycles. The smallest absolute Gasteiger partial charge is 0.269 e. The molecule has 2 N–H and O–H groups in total. The first-order chi connectivity index (χ1) is 7.58. The van der Waals surface area contributed by atoms with Crippen LogP contribution in [0.2, 0.25) is 0 Å². The first kappa shape index (κ1) is 10.1. The molecule has 0 saturated heterocycles. The maximum absolute atomic E-state index is 11.4. The van der Waals surface area contributed by atoms with E-state index in [1.165, 1.54) is 24.3 Å². The Balaban J connectivity index is 2.29. The summed E-state index contributed by atoms with van der Waals surface area (Å²) in [6, 6.07) is 5.54. The minimum Gasteiger partial charge on any atom is -0.385 e. The number of hydrazone groups is 1. The molecule has 0 unspecified atom stereocenters. The fourth-order valence-corrected chi connectivity index (χ4v) is 1.37. The molecule has 82 valence electrons. The number of nitrogens with two attached hydrogens (primary N) is 1. The van der Waals surface area contributed by atoms with E-state index in [4.69, 9.17) is 5.73 Å². The van der Waals surface area contributed by atoms with Crippen LogP contribution in [0.5, 0.6) is 0 Å². The molecular formula is C9H8N4O3. The topological polar surface area (TPSA) is 102 Å². The van der Waals surface area contributed by atoms with Crippen molar-refractivity contribution in [2.24, 2.45) is 10.8 Å². The number of rotatable bonds is 2. The number of benzene rings is 1. The lowest BCUT2D eigenvalue weighted by atomic mass is 10.2. The zero-order valence-corrected chi connectivity index (χ0v) is 8.16. The van der Waals surface area contributed by atoms with Gasteiger partial charge in [0.05, 0.1) is 17.0 Å². The van der Waals surface area contributed by atoms with Crippen LogP contribution < -0.4 is 10.7 Å². The third-order valence-electron chi connectivity index (χ3n) is 2.10. The summed E-state index contributed by atoms with van der Waals surface area (Å²) in [5.74, 6) is -0.00490. The molecule has 2 rings (SSSR count). The van der Waals surface area contributed by atoms with Crippen LogP contribution in [0.25, 0.3) is 0 Å². The molecule has 0 spiro atoms. The third kappa shape index (κ3) is 1.70. The van der Waals surface area contributed by atoms with Crippen LogP contribution in [0.1, 0.15) is 6.42 Å². The highest BCUT2D eigenvalue weighted by molar-refractivity contribution is 6.11. The maximum atomic E-state index is 11.4. The summed E-state index contributed by atoms with van der Waals surface area (Å²) in [6.07, 6.45) is 0.0803. The normalized spacial score (nSPS) is 15.1. The second-order valence-electron chi connectivity index (χ2n) is 3.25. The van der Waals surface area contributed by atoms with Crippen LogP contribution in [0.15, 0.2) is 29.4 Å². The average Bonchev–Trinajstić information content (AvgIpc) is 2.58. The fourth-order valence-electron chi connectivity index (χ4n) is 1.37. The minimum atomic E-state index is -0.507. The monoisotopic (exact) mass is 220 g/mol. The van der Waals surface area contributed by atoms with Crippen molar-refractivity contribution in [2.45, 2.75) is 6.42 Å². The van der Waals surface area contributed by atoms with Crippen LogP contribution in [0.3, 0.4) is 0 Å². The number of carbonyl (C=O) groups is 1. The lowest BCUT2D eigenvalue weighted by Gasteiger charge is -2.10. The molecule has 1 aromatic carbocycles. The molecule has 0 radical (unpaired) electrons. The summed E-state index contributed by atoms with van der Waals surface area (Å²) in [4.78, 5) is 21.3. The predicted octanol–water partition coefficient (Wildman–Crippen LogP) is 0.604. The van der Waals surface area contributed by atoms with Gasteiger partial charge in [0.15, 0.2) is 0 Å². The van der Waals surface area contributed by atoms with Crippen molar-refractivity contribution in [1.82, 2.24) is 0 Å². The Bertz CT molecular complexity index is 480. The van der Waals surface area contributed by atoms with Gasteiger partial charge in [-0.3, -0.25) is 14.9 Å². The molecule has 1 aliphatic rings. The van der Waals surface area contributed by atoms with Crippen molar-refractivity contribution in [1.29, 1.82) is 0 Å². The van der Waals surface area contributed by atoms with E-state index in [1.54, 1.807) is 0 Å². The van der Waals surface area contributed by atoms with Gasteiger partial charge in [0, 0.05) is 12.1 Å². The molecule has 0 saturated carbocycles. The largest absolute Gasteiger partial charge is 0.385 e. The molecule has 0 fully saturated rings. The van der Waals surface area contributed by atoms with Crippen LogP contribution in [0.4, 0.5) is 11.4 Å². The number of hydrogen-bond donors (Lipinski definition) is 1. The van der Waals surface area contributed by atoms with Gasteiger partial charge in [0.25, 0.3) is 11.6 Å². The van der Waals surface area contributed by atoms with Crippen molar-refractivity contribution in [2.75, 3.05) is 5.01 Å². The number of nitro benzene ring substituents is 1. The zero-order chi connectivity index (χ0) is 11.7. The Kier molecular flexibility index (Phi) is 2.28. The van der Waals surface area contributed by atoms with E-state index in [1.807, 2.05) is 0 Å². The van der Waals surface area contributed by atoms with Gasteiger partial charge in [-0.2, -0.15) is 10.1 Å². The number of nitrogens with zero attached hydrogens (tertiary/aromatic N) is 3. The Hall–Kier alpha value is -2.44. The molecule has 0 bridgehead atoms. The summed E-state index contributed by atoms with van der Waals surface area (Å²) in [5.41, 5.74) is 5.84. The predicted molar refractivity (Wildman–Crippen MR) is 56.8 cm³/mol. The van der Waals surface area contributed by atoms with Crippen LogP contribution in [0, 0.1) is 10.1 Å². The molecule has 0 aliphatic carbocycles. The van der Waals surface area contributed by atoms with E-state index in [2.05, 4.69) is 5.10 Å². The number of amidine groups is 1. The standard InChI is InChI=1S/C9H8N4O3/c10-8-5-9(14)12(11-8)6-1-3-7(4-2-6)13(15)16/h1-4H,5H2,(H2,10,11). The SMILES string of the molecule is NC1=NN(c2ccc([N+](=O)[O-])cc2)C(=O)C1. The highest BCUT2D eigenvalue weighted by Crippen LogP contribution is 2.22. The average molecular weight is 220 g/mol. The highest BCUT2D eigenvalue weighted by Gasteiger charge is 2.23. The van der Waals surface area contributed by atoms with Crippen LogP contribution >= 0.6 is 0 Å². The van der Waals surface area contributed by atoms with Crippen LogP contribution in [-0.4, -0.2) is 16.7 Å². The van der Waals surface area contributed by atoms with Crippen LogP contribution in [-0.2, 0) is 4.79 Å². The second-order valence-corrected chi connectivity index (χ2v) is 3.25. The van der Waals surface area contributed by atoms with E-state index in [9.17, 15) is 14.9 Å². The van der Waals surface area contributed by atoms with Crippen molar-refractivity contribution in [3.8, 4) is 0 Å². The number of amides is 1. The first-order valence-electron chi connectivity index (χ1n) is 4.48. The fraction of sp³-hybridized carbons (Fsp3) is 0.111. The number of hydrogen-bond acceptors (Lipinski definition) is 5. The Morgan fingerprint density at radius 1 is 1.38 bits per heavy atom. The van der Waals surface area contributed by atoms with Gasteiger partial charge in [-0.15, -0.1) is 0 Å². The van der Waals surface area contributed by atoms with Gasteiger partial charge >= 0.3 is 0 Å². The van der Waals surface area contributed by atoms with Gasteiger partial charge in [0.2, 0.25) is 0 Å². The molecule has 1 aromatic rings. The molecule has 7 heteroatoms. The summed E-state index contributed by atoms with van der Waals surface area (Å²) in [6.45, 7) is 0. The van der Waals surface area contributed by atoms with Gasteiger partial charge in [-0.1, -0.05) is 0 Å². The molecule has 1 heterocycles. The van der Waals surface area contributed by atoms with Crippen molar-refractivity contribution in [3.05, 3.63) is 34.4 Å². The van der Waals surface area contributed by atoms with Crippen molar-refractivity contribution in [3.63, 3.8) is 0 Å². The van der Waals surface area contributed by atoms with E-state index in [0.717, 1.165) is 5.01 Å². The summed E-state index contributed by atoms with van der Waals surface area (Å²) in [7, 11) is 0. The molecule has 16 heavy (non-hydrogen) atoms. The molecule has 0 aromatic heterocycles. The molecule has 7 nitrogen and oxygen atoms in total. The number of non-ortho nitro benzene ring substituents is 1. The Morgan fingerprint density at radius 2 is 2.00 bits per heavy atom. The summed E-state index contributed by atoms with van der Waals surface area (Å²) < 4.78 is 0. The number of carbonyl (C=O) groups excluding carboxylic acids is 1.